The van der Waals surface area contributed by atoms with Crippen LogP contribution in [0.5, 0.6) is 0 Å². The van der Waals surface area contributed by atoms with Crippen molar-refractivity contribution >= 4 is 0 Å². The molecule has 0 spiro atoms. The van der Waals surface area contributed by atoms with Crippen molar-refractivity contribution in [1.82, 2.24) is 14.8 Å². The SMILES string of the molecule is CC(C)(C)c1ccc(CN2C3CC2CN(C(C)(C)C)C3)cn1. The average Bonchev–Trinajstić information content (AvgIpc) is 2.43. The largest absolute Gasteiger partial charge is 0.295 e. The smallest absolute Gasteiger partial charge is 0.0457 e. The molecule has 0 saturated carbocycles. The quantitative estimate of drug-likeness (QED) is 0.834. The molecule has 0 aromatic carbocycles. The molecule has 3 nitrogen and oxygen atoms in total. The zero-order valence-electron chi connectivity index (χ0n) is 15.1. The van der Waals surface area contributed by atoms with Crippen LogP contribution in [0.25, 0.3) is 0 Å². The molecule has 122 valence electrons. The minimum atomic E-state index is 0.138. The fraction of sp³-hybridized carbons (Fsp3) is 0.737. The lowest BCUT2D eigenvalue weighted by atomic mass is 9.84. The molecule has 2 aliphatic rings. The van der Waals surface area contributed by atoms with Crippen LogP contribution in [-0.4, -0.2) is 45.5 Å². The third kappa shape index (κ3) is 3.07. The molecule has 3 heterocycles. The predicted octanol–water partition coefficient (Wildman–Crippen LogP) is 3.44. The van der Waals surface area contributed by atoms with Crippen LogP contribution in [0, 0.1) is 0 Å². The molecule has 0 radical (unpaired) electrons. The number of likely N-dealkylation sites (tertiary alicyclic amines) is 2. The third-order valence-corrected chi connectivity index (χ3v) is 5.25. The van der Waals surface area contributed by atoms with Gasteiger partial charge in [-0.3, -0.25) is 14.8 Å². The summed E-state index contributed by atoms with van der Waals surface area (Å²) in [6, 6.07) is 5.94. The minimum Gasteiger partial charge on any atom is -0.295 e. The van der Waals surface area contributed by atoms with Gasteiger partial charge >= 0.3 is 0 Å². The molecular formula is C19H31N3. The van der Waals surface area contributed by atoms with E-state index in [-0.39, 0.29) is 5.41 Å². The van der Waals surface area contributed by atoms with E-state index < -0.39 is 0 Å². The van der Waals surface area contributed by atoms with E-state index in [1.807, 2.05) is 0 Å². The van der Waals surface area contributed by atoms with Crippen molar-refractivity contribution in [3.05, 3.63) is 29.6 Å². The van der Waals surface area contributed by atoms with Crippen LogP contribution in [0.1, 0.15) is 59.2 Å². The fourth-order valence-corrected chi connectivity index (χ4v) is 3.67. The van der Waals surface area contributed by atoms with Gasteiger partial charge in [0.2, 0.25) is 0 Å². The van der Waals surface area contributed by atoms with Gasteiger partial charge in [0.1, 0.15) is 0 Å². The summed E-state index contributed by atoms with van der Waals surface area (Å²) in [6.45, 7) is 17.1. The Kier molecular flexibility index (Phi) is 3.85. The number of hydrogen-bond donors (Lipinski definition) is 0. The molecule has 2 fully saturated rings. The summed E-state index contributed by atoms with van der Waals surface area (Å²) in [5, 5.41) is 0. The number of fused-ring (bicyclic) bond motifs is 2. The average molecular weight is 301 g/mol. The highest BCUT2D eigenvalue weighted by Crippen LogP contribution is 2.36. The van der Waals surface area contributed by atoms with E-state index in [4.69, 9.17) is 0 Å². The Balaban J connectivity index is 1.62. The summed E-state index contributed by atoms with van der Waals surface area (Å²) >= 11 is 0. The van der Waals surface area contributed by atoms with Crippen molar-refractivity contribution in [1.29, 1.82) is 0 Å². The first-order valence-corrected chi connectivity index (χ1v) is 8.61. The molecule has 2 aliphatic heterocycles. The lowest BCUT2D eigenvalue weighted by Crippen LogP contribution is -2.70. The van der Waals surface area contributed by atoms with Crippen LogP contribution >= 0.6 is 0 Å². The maximum absolute atomic E-state index is 4.67. The van der Waals surface area contributed by atoms with E-state index in [1.165, 1.54) is 30.8 Å². The summed E-state index contributed by atoms with van der Waals surface area (Å²) in [5.41, 5.74) is 2.98. The van der Waals surface area contributed by atoms with Gasteiger partial charge in [0, 0.05) is 54.6 Å². The van der Waals surface area contributed by atoms with E-state index in [1.54, 1.807) is 0 Å². The van der Waals surface area contributed by atoms with Gasteiger partial charge in [0.15, 0.2) is 0 Å². The van der Waals surface area contributed by atoms with Crippen molar-refractivity contribution in [2.45, 2.75) is 77.5 Å². The van der Waals surface area contributed by atoms with Gasteiger partial charge in [-0.1, -0.05) is 26.8 Å². The predicted molar refractivity (Wildman–Crippen MR) is 92.0 cm³/mol. The number of piperazine rings is 1. The van der Waals surface area contributed by atoms with Crippen LogP contribution in [0.15, 0.2) is 18.3 Å². The minimum absolute atomic E-state index is 0.138. The molecular weight excluding hydrogens is 270 g/mol. The molecule has 0 amide bonds. The first-order valence-electron chi connectivity index (χ1n) is 8.61. The van der Waals surface area contributed by atoms with Crippen molar-refractivity contribution in [2.24, 2.45) is 0 Å². The Morgan fingerprint density at radius 3 is 2.14 bits per heavy atom. The highest BCUT2D eigenvalue weighted by atomic mass is 15.4. The molecule has 1 aromatic rings. The van der Waals surface area contributed by atoms with E-state index in [0.29, 0.717) is 5.54 Å². The molecule has 2 bridgehead atoms. The van der Waals surface area contributed by atoms with Crippen LogP contribution in [0.4, 0.5) is 0 Å². The van der Waals surface area contributed by atoms with Gasteiger partial charge in [0.25, 0.3) is 0 Å². The van der Waals surface area contributed by atoms with Gasteiger partial charge in [-0.05, 0) is 38.8 Å². The summed E-state index contributed by atoms with van der Waals surface area (Å²) in [7, 11) is 0. The maximum atomic E-state index is 4.67. The van der Waals surface area contributed by atoms with Gasteiger partial charge in [-0.2, -0.15) is 0 Å². The lowest BCUT2D eigenvalue weighted by molar-refractivity contribution is -0.0997. The topological polar surface area (TPSA) is 19.4 Å². The zero-order chi connectivity index (χ0) is 16.1. The van der Waals surface area contributed by atoms with Gasteiger partial charge < -0.3 is 0 Å². The highest BCUT2D eigenvalue weighted by Gasteiger charge is 2.46. The van der Waals surface area contributed by atoms with E-state index in [9.17, 15) is 0 Å². The van der Waals surface area contributed by atoms with Crippen molar-refractivity contribution in [2.75, 3.05) is 13.1 Å². The number of hydrogen-bond acceptors (Lipinski definition) is 3. The molecule has 0 N–H and O–H groups in total. The molecule has 3 heteroatoms. The van der Waals surface area contributed by atoms with Crippen LogP contribution in [0.2, 0.25) is 0 Å². The van der Waals surface area contributed by atoms with Crippen molar-refractivity contribution in [3.8, 4) is 0 Å². The molecule has 3 rings (SSSR count). The Labute approximate surface area is 135 Å². The van der Waals surface area contributed by atoms with Crippen LogP contribution in [0.3, 0.4) is 0 Å². The van der Waals surface area contributed by atoms with Crippen LogP contribution < -0.4 is 0 Å². The second kappa shape index (κ2) is 5.31. The Bertz CT molecular complexity index is 509. The summed E-state index contributed by atoms with van der Waals surface area (Å²) in [5.74, 6) is 0. The van der Waals surface area contributed by atoms with Crippen molar-refractivity contribution < 1.29 is 0 Å². The summed E-state index contributed by atoms with van der Waals surface area (Å²) < 4.78 is 0. The number of pyridine rings is 1. The lowest BCUT2D eigenvalue weighted by Gasteiger charge is -2.59. The zero-order valence-corrected chi connectivity index (χ0v) is 15.1. The number of rotatable bonds is 2. The van der Waals surface area contributed by atoms with E-state index >= 15 is 0 Å². The number of aromatic nitrogens is 1. The molecule has 2 unspecified atom stereocenters. The first kappa shape index (κ1) is 15.9. The molecule has 0 aliphatic carbocycles. The Morgan fingerprint density at radius 1 is 1.05 bits per heavy atom. The monoisotopic (exact) mass is 301 g/mol. The molecule has 1 aromatic heterocycles. The van der Waals surface area contributed by atoms with Gasteiger partial charge in [0.05, 0.1) is 0 Å². The molecule has 2 atom stereocenters. The van der Waals surface area contributed by atoms with Crippen molar-refractivity contribution in [3.63, 3.8) is 0 Å². The van der Waals surface area contributed by atoms with E-state index in [0.717, 1.165) is 18.6 Å². The van der Waals surface area contributed by atoms with E-state index in [2.05, 4.69) is 74.7 Å². The summed E-state index contributed by atoms with van der Waals surface area (Å²) in [4.78, 5) is 9.99. The second-order valence-electron chi connectivity index (χ2n) is 9.09. The fourth-order valence-electron chi connectivity index (χ4n) is 3.67. The number of nitrogens with zero attached hydrogens (tertiary/aromatic N) is 3. The third-order valence-electron chi connectivity index (χ3n) is 5.25. The number of piperidine rings is 1. The first-order chi connectivity index (χ1) is 10.1. The standard InChI is InChI=1S/C19H31N3/c1-18(2,3)17-8-7-14(10-20-17)11-22-15-9-16(22)13-21(12-15)19(4,5)6/h7-8,10,15-16H,9,11-13H2,1-6H3. The highest BCUT2D eigenvalue weighted by molar-refractivity contribution is 5.20. The van der Waals surface area contributed by atoms with Gasteiger partial charge in [-0.25, -0.2) is 0 Å². The van der Waals surface area contributed by atoms with Gasteiger partial charge in [-0.15, -0.1) is 0 Å². The maximum Gasteiger partial charge on any atom is 0.0457 e. The second-order valence-corrected chi connectivity index (χ2v) is 9.09. The van der Waals surface area contributed by atoms with Crippen LogP contribution in [-0.2, 0) is 12.0 Å². The Hall–Kier alpha value is -0.930. The summed E-state index contributed by atoms with van der Waals surface area (Å²) in [6.07, 6.45) is 3.45. The molecule has 22 heavy (non-hydrogen) atoms. The molecule has 2 saturated heterocycles. The normalized spacial score (nSPS) is 26.8. The Morgan fingerprint density at radius 2 is 1.68 bits per heavy atom.